The maximum absolute atomic E-state index is 6.35. The fourth-order valence-corrected chi connectivity index (χ4v) is 8.31. The van der Waals surface area contributed by atoms with Crippen molar-refractivity contribution in [1.29, 1.82) is 0 Å². The SMILES string of the molecule is c1ccc(-c2ccc(N(c3ccccc3)c3ccc(-c4cccc(C5(c6ccccc6)c6cccc7oc8cccc5c8c67)c4)cc3)cc2)cc1. The van der Waals surface area contributed by atoms with Crippen LogP contribution >= 0.6 is 0 Å². The Kier molecular flexibility index (Phi) is 6.75. The molecular formula is C49H33NO. The maximum atomic E-state index is 6.35. The third-order valence-corrected chi connectivity index (χ3v) is 10.5. The lowest BCUT2D eigenvalue weighted by atomic mass is 9.67. The highest BCUT2D eigenvalue weighted by Crippen LogP contribution is 2.56. The summed E-state index contributed by atoms with van der Waals surface area (Å²) >= 11 is 0. The number of furan rings is 1. The molecule has 0 saturated carbocycles. The molecule has 0 fully saturated rings. The predicted molar refractivity (Wildman–Crippen MR) is 211 cm³/mol. The molecule has 8 aromatic carbocycles. The van der Waals surface area contributed by atoms with Gasteiger partial charge in [0.1, 0.15) is 11.2 Å². The Morgan fingerprint density at radius 2 is 0.765 bits per heavy atom. The molecule has 51 heavy (non-hydrogen) atoms. The highest BCUT2D eigenvalue weighted by molar-refractivity contribution is 6.14. The third-order valence-electron chi connectivity index (χ3n) is 10.5. The predicted octanol–water partition coefficient (Wildman–Crippen LogP) is 13.1. The van der Waals surface area contributed by atoms with Crippen molar-refractivity contribution < 1.29 is 4.42 Å². The van der Waals surface area contributed by atoms with Gasteiger partial charge < -0.3 is 9.32 Å². The fourth-order valence-electron chi connectivity index (χ4n) is 8.31. The van der Waals surface area contributed by atoms with E-state index >= 15 is 0 Å². The summed E-state index contributed by atoms with van der Waals surface area (Å²) < 4.78 is 6.35. The van der Waals surface area contributed by atoms with E-state index in [9.17, 15) is 0 Å². The Balaban J connectivity index is 1.07. The van der Waals surface area contributed by atoms with Crippen LogP contribution in [0.3, 0.4) is 0 Å². The second kappa shape index (κ2) is 11.8. The van der Waals surface area contributed by atoms with E-state index in [0.717, 1.165) is 28.2 Å². The van der Waals surface area contributed by atoms with Gasteiger partial charge in [0, 0.05) is 27.8 Å². The lowest BCUT2D eigenvalue weighted by Crippen LogP contribution is -2.28. The second-order valence-electron chi connectivity index (χ2n) is 13.3. The molecule has 0 saturated heterocycles. The summed E-state index contributed by atoms with van der Waals surface area (Å²) in [5.74, 6) is 0. The summed E-state index contributed by atoms with van der Waals surface area (Å²) in [6.07, 6.45) is 0. The van der Waals surface area contributed by atoms with Crippen LogP contribution in [0.2, 0.25) is 0 Å². The van der Waals surface area contributed by atoms with Gasteiger partial charge in [-0.2, -0.15) is 0 Å². The van der Waals surface area contributed by atoms with E-state index in [2.05, 4.69) is 205 Å². The molecule has 2 nitrogen and oxygen atoms in total. The van der Waals surface area contributed by atoms with Gasteiger partial charge in [-0.15, -0.1) is 0 Å². The average molecular weight is 652 g/mol. The zero-order valence-corrected chi connectivity index (χ0v) is 27.9. The largest absolute Gasteiger partial charge is 0.456 e. The summed E-state index contributed by atoms with van der Waals surface area (Å²) in [4.78, 5) is 2.32. The first-order chi connectivity index (χ1) is 25.3. The van der Waals surface area contributed by atoms with E-state index in [1.54, 1.807) is 0 Å². The quantitative estimate of drug-likeness (QED) is 0.170. The molecule has 10 rings (SSSR count). The molecule has 9 aromatic rings. The van der Waals surface area contributed by atoms with Crippen molar-refractivity contribution in [3.05, 3.63) is 222 Å². The average Bonchev–Trinajstić information content (AvgIpc) is 3.75. The smallest absolute Gasteiger partial charge is 0.135 e. The molecule has 0 unspecified atom stereocenters. The van der Waals surface area contributed by atoms with E-state index in [0.29, 0.717) is 0 Å². The van der Waals surface area contributed by atoms with E-state index in [1.165, 1.54) is 55.3 Å². The zero-order chi connectivity index (χ0) is 33.8. The molecule has 0 N–H and O–H groups in total. The van der Waals surface area contributed by atoms with Gasteiger partial charge in [0.15, 0.2) is 0 Å². The molecule has 240 valence electrons. The topological polar surface area (TPSA) is 16.4 Å². The van der Waals surface area contributed by atoms with Gasteiger partial charge in [-0.25, -0.2) is 0 Å². The van der Waals surface area contributed by atoms with Crippen molar-refractivity contribution in [1.82, 2.24) is 0 Å². The van der Waals surface area contributed by atoms with Crippen LogP contribution in [0.15, 0.2) is 205 Å². The molecule has 1 aliphatic rings. The first-order valence-corrected chi connectivity index (χ1v) is 17.5. The molecule has 0 aliphatic heterocycles. The van der Waals surface area contributed by atoms with Gasteiger partial charge in [-0.05, 0) is 99.1 Å². The lowest BCUT2D eigenvalue weighted by molar-refractivity contribution is 0.663. The number of para-hydroxylation sites is 1. The summed E-state index contributed by atoms with van der Waals surface area (Å²) in [7, 11) is 0. The molecular weight excluding hydrogens is 619 g/mol. The van der Waals surface area contributed by atoms with Gasteiger partial charge in [-0.3, -0.25) is 0 Å². The molecule has 2 heteroatoms. The Morgan fingerprint density at radius 3 is 1.35 bits per heavy atom. The minimum Gasteiger partial charge on any atom is -0.456 e. The van der Waals surface area contributed by atoms with E-state index in [1.807, 2.05) is 0 Å². The van der Waals surface area contributed by atoms with Crippen molar-refractivity contribution in [2.45, 2.75) is 5.41 Å². The monoisotopic (exact) mass is 651 g/mol. The van der Waals surface area contributed by atoms with Crippen LogP contribution in [0.1, 0.15) is 22.3 Å². The number of nitrogens with zero attached hydrogens (tertiary/aromatic N) is 1. The van der Waals surface area contributed by atoms with Crippen molar-refractivity contribution in [3.8, 4) is 22.3 Å². The summed E-state index contributed by atoms with van der Waals surface area (Å²) in [6, 6.07) is 72.1. The summed E-state index contributed by atoms with van der Waals surface area (Å²) in [5, 5.41) is 2.44. The molecule has 0 spiro atoms. The molecule has 0 amide bonds. The highest BCUT2D eigenvalue weighted by Gasteiger charge is 2.46. The van der Waals surface area contributed by atoms with E-state index < -0.39 is 5.41 Å². The Morgan fingerprint density at radius 1 is 0.333 bits per heavy atom. The van der Waals surface area contributed by atoms with Crippen LogP contribution in [0.5, 0.6) is 0 Å². The number of hydrogen-bond donors (Lipinski definition) is 0. The van der Waals surface area contributed by atoms with Crippen LogP contribution in [-0.4, -0.2) is 0 Å². The first kappa shape index (κ1) is 29.3. The Hall–Kier alpha value is -6.64. The molecule has 1 aromatic heterocycles. The molecule has 0 radical (unpaired) electrons. The second-order valence-corrected chi connectivity index (χ2v) is 13.3. The molecule has 0 bridgehead atoms. The van der Waals surface area contributed by atoms with Gasteiger partial charge in [0.05, 0.1) is 5.41 Å². The number of benzene rings is 8. The maximum Gasteiger partial charge on any atom is 0.135 e. The minimum atomic E-state index is -0.465. The molecule has 1 heterocycles. The fraction of sp³-hybridized carbons (Fsp3) is 0.0204. The standard InChI is InChI=1S/C49H33NO/c1-4-13-34(14-5-1)35-25-29-41(30-26-35)50(40-19-8-3-9-20-40)42-31-27-36(28-32-42)37-15-10-18-39(33-37)49(38-16-6-2-7-17-38)43-21-11-23-45-47(43)48-44(49)22-12-24-46(48)51-45/h1-33H. The van der Waals surface area contributed by atoms with Gasteiger partial charge in [-0.1, -0.05) is 146 Å². The van der Waals surface area contributed by atoms with Crippen molar-refractivity contribution in [3.63, 3.8) is 0 Å². The van der Waals surface area contributed by atoms with Crippen LogP contribution in [-0.2, 0) is 5.41 Å². The number of anilines is 3. The normalized spacial score (nSPS) is 12.9. The first-order valence-electron chi connectivity index (χ1n) is 17.5. The van der Waals surface area contributed by atoms with Gasteiger partial charge in [0.2, 0.25) is 0 Å². The molecule has 0 atom stereocenters. The van der Waals surface area contributed by atoms with Crippen LogP contribution in [0.25, 0.3) is 44.2 Å². The van der Waals surface area contributed by atoms with Gasteiger partial charge >= 0.3 is 0 Å². The molecule has 1 aliphatic carbocycles. The number of hydrogen-bond acceptors (Lipinski definition) is 2. The summed E-state index contributed by atoms with van der Waals surface area (Å²) in [6.45, 7) is 0. The van der Waals surface area contributed by atoms with E-state index in [-0.39, 0.29) is 0 Å². The number of rotatable bonds is 7. The van der Waals surface area contributed by atoms with Crippen molar-refractivity contribution in [2.24, 2.45) is 0 Å². The lowest BCUT2D eigenvalue weighted by Gasteiger charge is -2.34. The minimum absolute atomic E-state index is 0.465. The third kappa shape index (κ3) is 4.57. The van der Waals surface area contributed by atoms with Crippen LogP contribution in [0, 0.1) is 0 Å². The van der Waals surface area contributed by atoms with Crippen molar-refractivity contribution >= 4 is 39.0 Å². The van der Waals surface area contributed by atoms with Gasteiger partial charge in [0.25, 0.3) is 0 Å². The summed E-state index contributed by atoms with van der Waals surface area (Å²) in [5.41, 5.74) is 14.6. The van der Waals surface area contributed by atoms with Crippen molar-refractivity contribution in [2.75, 3.05) is 4.90 Å². The van der Waals surface area contributed by atoms with Crippen LogP contribution in [0.4, 0.5) is 17.1 Å². The van der Waals surface area contributed by atoms with E-state index in [4.69, 9.17) is 4.42 Å². The highest BCUT2D eigenvalue weighted by atomic mass is 16.3. The Labute approximate surface area is 297 Å². The zero-order valence-electron chi connectivity index (χ0n) is 27.9. The van der Waals surface area contributed by atoms with Crippen LogP contribution < -0.4 is 4.90 Å². The Bertz CT molecular complexity index is 2600.